The Morgan fingerprint density at radius 1 is 1.26 bits per heavy atom. The quantitative estimate of drug-likeness (QED) is 0.566. The number of aromatic nitrogens is 1. The summed E-state index contributed by atoms with van der Waals surface area (Å²) in [6.07, 6.45) is 0.173. The van der Waals surface area contributed by atoms with Crippen LogP contribution in [0.5, 0.6) is 0 Å². The first-order valence-corrected chi connectivity index (χ1v) is 5.86. The molecule has 3 N–H and O–H groups in total. The van der Waals surface area contributed by atoms with Crippen LogP contribution in [0.1, 0.15) is 16.9 Å². The first kappa shape index (κ1) is 14.9. The second-order valence-corrected chi connectivity index (χ2v) is 3.78. The van der Waals surface area contributed by atoms with Gasteiger partial charge < -0.3 is 20.4 Å². The monoisotopic (exact) mass is 267 g/mol. The minimum atomic E-state index is -0.414. The molecule has 19 heavy (non-hydrogen) atoms. The lowest BCUT2D eigenvalue weighted by Crippen LogP contribution is -2.32. The predicted molar refractivity (Wildman–Crippen MR) is 68.9 cm³/mol. The summed E-state index contributed by atoms with van der Waals surface area (Å²) in [5.41, 5.74) is -0.169. The molecule has 0 fully saturated rings. The topological polar surface area (TPSA) is 100 Å². The van der Waals surface area contributed by atoms with Crippen LogP contribution in [-0.2, 0) is 9.53 Å². The maximum absolute atomic E-state index is 11.6. The molecule has 104 valence electrons. The number of nitrogens with one attached hydrogen (secondary N) is 3. The number of hydrogen-bond acceptors (Lipinski definition) is 4. The SMILES string of the molecule is COCCNC(=O)CCNC(=O)c1cccc(=O)[nH]1. The van der Waals surface area contributed by atoms with Crippen LogP contribution in [0.4, 0.5) is 0 Å². The average molecular weight is 267 g/mol. The Morgan fingerprint density at radius 3 is 2.74 bits per heavy atom. The molecule has 1 aromatic rings. The number of aromatic amines is 1. The summed E-state index contributed by atoms with van der Waals surface area (Å²) in [5.74, 6) is -0.582. The van der Waals surface area contributed by atoms with Crippen molar-refractivity contribution >= 4 is 11.8 Å². The molecule has 1 heterocycles. The van der Waals surface area contributed by atoms with E-state index in [1.165, 1.54) is 18.2 Å². The molecular formula is C12H17N3O4. The summed E-state index contributed by atoms with van der Waals surface area (Å²) in [7, 11) is 1.55. The minimum Gasteiger partial charge on any atom is -0.383 e. The Morgan fingerprint density at radius 2 is 2.05 bits per heavy atom. The van der Waals surface area contributed by atoms with Crippen LogP contribution in [-0.4, -0.2) is 43.6 Å². The highest BCUT2D eigenvalue weighted by molar-refractivity contribution is 5.92. The normalized spacial score (nSPS) is 9.95. The van der Waals surface area contributed by atoms with Gasteiger partial charge in [-0.3, -0.25) is 14.4 Å². The van der Waals surface area contributed by atoms with Crippen molar-refractivity contribution in [1.29, 1.82) is 0 Å². The Labute approximate surface area is 110 Å². The van der Waals surface area contributed by atoms with E-state index < -0.39 is 5.91 Å². The van der Waals surface area contributed by atoms with Gasteiger partial charge in [0.05, 0.1) is 6.61 Å². The van der Waals surface area contributed by atoms with Gasteiger partial charge in [-0.1, -0.05) is 6.07 Å². The van der Waals surface area contributed by atoms with Crippen LogP contribution < -0.4 is 16.2 Å². The fourth-order valence-corrected chi connectivity index (χ4v) is 1.35. The lowest BCUT2D eigenvalue weighted by molar-refractivity contribution is -0.121. The number of H-pyrrole nitrogens is 1. The third-order valence-electron chi connectivity index (χ3n) is 2.28. The maximum atomic E-state index is 11.6. The highest BCUT2D eigenvalue weighted by Crippen LogP contribution is 1.90. The summed E-state index contributed by atoms with van der Waals surface area (Å²) in [6, 6.07) is 4.31. The molecule has 0 saturated heterocycles. The molecule has 0 radical (unpaired) electrons. The van der Waals surface area contributed by atoms with Gasteiger partial charge in [0, 0.05) is 32.7 Å². The number of hydrogen-bond donors (Lipinski definition) is 3. The highest BCUT2D eigenvalue weighted by Gasteiger charge is 2.06. The largest absolute Gasteiger partial charge is 0.383 e. The van der Waals surface area contributed by atoms with Crippen molar-refractivity contribution in [2.75, 3.05) is 26.8 Å². The summed E-state index contributed by atoms with van der Waals surface area (Å²) in [6.45, 7) is 1.09. The molecule has 0 spiro atoms. The number of methoxy groups -OCH3 is 1. The van der Waals surface area contributed by atoms with Gasteiger partial charge in [0.25, 0.3) is 5.91 Å². The van der Waals surface area contributed by atoms with Gasteiger partial charge in [0.2, 0.25) is 11.5 Å². The standard InChI is InChI=1S/C12H17N3O4/c1-19-8-7-13-10(16)5-6-14-12(18)9-3-2-4-11(17)15-9/h2-4H,5-8H2,1H3,(H,13,16)(H,14,18)(H,15,17). The number of amides is 2. The van der Waals surface area contributed by atoms with Gasteiger partial charge in [0.1, 0.15) is 5.69 Å². The van der Waals surface area contributed by atoms with Gasteiger partial charge in [0.15, 0.2) is 0 Å². The summed E-state index contributed by atoms with van der Waals surface area (Å²) >= 11 is 0. The molecule has 0 unspecified atom stereocenters. The molecule has 0 atom stereocenters. The fourth-order valence-electron chi connectivity index (χ4n) is 1.35. The van der Waals surface area contributed by atoms with Crippen molar-refractivity contribution in [3.05, 3.63) is 34.2 Å². The van der Waals surface area contributed by atoms with E-state index in [-0.39, 0.29) is 30.1 Å². The lowest BCUT2D eigenvalue weighted by atomic mass is 10.3. The van der Waals surface area contributed by atoms with Crippen LogP contribution in [0.25, 0.3) is 0 Å². The van der Waals surface area contributed by atoms with Gasteiger partial charge in [-0.25, -0.2) is 0 Å². The van der Waals surface area contributed by atoms with Crippen molar-refractivity contribution in [2.45, 2.75) is 6.42 Å². The van der Waals surface area contributed by atoms with E-state index in [1.807, 2.05) is 0 Å². The van der Waals surface area contributed by atoms with E-state index in [0.717, 1.165) is 0 Å². The Bertz CT molecular complexity index is 484. The third-order valence-corrected chi connectivity index (χ3v) is 2.28. The van der Waals surface area contributed by atoms with Crippen molar-refractivity contribution in [3.63, 3.8) is 0 Å². The third kappa shape index (κ3) is 5.82. The lowest BCUT2D eigenvalue weighted by Gasteiger charge is -2.06. The smallest absolute Gasteiger partial charge is 0.267 e. The first-order valence-electron chi connectivity index (χ1n) is 5.86. The molecule has 0 saturated carbocycles. The van der Waals surface area contributed by atoms with Crippen LogP contribution in [0.15, 0.2) is 23.0 Å². The van der Waals surface area contributed by atoms with Crippen LogP contribution in [0.2, 0.25) is 0 Å². The van der Waals surface area contributed by atoms with E-state index in [9.17, 15) is 14.4 Å². The van der Waals surface area contributed by atoms with E-state index in [2.05, 4.69) is 15.6 Å². The van der Waals surface area contributed by atoms with E-state index in [4.69, 9.17) is 4.74 Å². The second kappa shape index (κ2) is 8.04. The number of carbonyl (C=O) groups is 2. The number of carbonyl (C=O) groups excluding carboxylic acids is 2. The van der Waals surface area contributed by atoms with Gasteiger partial charge in [-0.15, -0.1) is 0 Å². The summed E-state index contributed by atoms with van der Waals surface area (Å²) < 4.78 is 4.79. The summed E-state index contributed by atoms with van der Waals surface area (Å²) in [5, 5.41) is 5.18. The number of ether oxygens (including phenoxy) is 1. The van der Waals surface area contributed by atoms with Gasteiger partial charge >= 0.3 is 0 Å². The molecule has 0 aromatic carbocycles. The molecule has 0 aliphatic carbocycles. The zero-order valence-electron chi connectivity index (χ0n) is 10.7. The molecule has 0 aliphatic rings. The predicted octanol–water partition coefficient (Wildman–Crippen LogP) is -0.743. The molecule has 7 nitrogen and oxygen atoms in total. The minimum absolute atomic E-state index is 0.168. The second-order valence-electron chi connectivity index (χ2n) is 3.78. The Balaban J connectivity index is 2.27. The van der Waals surface area contributed by atoms with E-state index in [1.54, 1.807) is 7.11 Å². The van der Waals surface area contributed by atoms with Crippen LogP contribution in [0.3, 0.4) is 0 Å². The Hall–Kier alpha value is -2.15. The molecule has 0 aliphatic heterocycles. The van der Waals surface area contributed by atoms with E-state index >= 15 is 0 Å². The van der Waals surface area contributed by atoms with Gasteiger partial charge in [-0.2, -0.15) is 0 Å². The summed E-state index contributed by atoms with van der Waals surface area (Å²) in [4.78, 5) is 36.3. The van der Waals surface area contributed by atoms with Crippen molar-refractivity contribution in [2.24, 2.45) is 0 Å². The molecule has 7 heteroatoms. The highest BCUT2D eigenvalue weighted by atomic mass is 16.5. The molecule has 1 aromatic heterocycles. The van der Waals surface area contributed by atoms with Crippen LogP contribution >= 0.6 is 0 Å². The van der Waals surface area contributed by atoms with Crippen LogP contribution in [0, 0.1) is 0 Å². The fraction of sp³-hybridized carbons (Fsp3) is 0.417. The van der Waals surface area contributed by atoms with Gasteiger partial charge in [-0.05, 0) is 6.07 Å². The maximum Gasteiger partial charge on any atom is 0.267 e. The zero-order chi connectivity index (χ0) is 14.1. The molecule has 2 amide bonds. The number of pyridine rings is 1. The Kier molecular flexibility index (Phi) is 6.31. The number of rotatable bonds is 7. The van der Waals surface area contributed by atoms with Crippen molar-refractivity contribution in [3.8, 4) is 0 Å². The molecule has 0 bridgehead atoms. The molecule has 1 rings (SSSR count). The van der Waals surface area contributed by atoms with Crippen molar-refractivity contribution < 1.29 is 14.3 Å². The van der Waals surface area contributed by atoms with Crippen molar-refractivity contribution in [1.82, 2.24) is 15.6 Å². The molecular weight excluding hydrogens is 250 g/mol. The average Bonchev–Trinajstić information content (AvgIpc) is 2.39. The zero-order valence-corrected chi connectivity index (χ0v) is 10.7. The first-order chi connectivity index (χ1) is 9.13. The van der Waals surface area contributed by atoms with E-state index in [0.29, 0.717) is 13.2 Å².